The van der Waals surface area contributed by atoms with Crippen molar-refractivity contribution in [3.8, 4) is 11.5 Å². The lowest BCUT2D eigenvalue weighted by atomic mass is 9.90. The highest BCUT2D eigenvalue weighted by Crippen LogP contribution is 2.42. The van der Waals surface area contributed by atoms with Crippen LogP contribution < -0.4 is 19.1 Å². The number of sulfonamides is 1. The number of ether oxygens (including phenoxy) is 2. The first kappa shape index (κ1) is 24.8. The first-order valence-corrected chi connectivity index (χ1v) is 14.0. The van der Waals surface area contributed by atoms with Gasteiger partial charge in [0.2, 0.25) is 10.0 Å². The standard InChI is InChI=1S/C26H25ClN2O5S2/c1-26(2)14-21(19-12-17(33-3)8-11-23(19)34-26)28-36(31,32)18-9-10-22-24(13-18)35-25(30)29(22)15-16-6-4-5-7-20(16)27/h4-13,21,28H,14-15H2,1-3H3. The molecule has 0 aliphatic carbocycles. The van der Waals surface area contributed by atoms with Crippen LogP contribution in [0.3, 0.4) is 0 Å². The Hall–Kier alpha value is -2.85. The summed E-state index contributed by atoms with van der Waals surface area (Å²) in [5, 5.41) is 0.573. The van der Waals surface area contributed by atoms with E-state index in [4.69, 9.17) is 21.1 Å². The molecule has 0 saturated carbocycles. The van der Waals surface area contributed by atoms with Gasteiger partial charge in [-0.3, -0.25) is 9.36 Å². The monoisotopic (exact) mass is 544 g/mol. The molecule has 0 bridgehead atoms. The van der Waals surface area contributed by atoms with E-state index in [1.807, 2.05) is 32.0 Å². The molecular formula is C26H25ClN2O5S2. The zero-order chi connectivity index (χ0) is 25.7. The van der Waals surface area contributed by atoms with Crippen molar-refractivity contribution in [2.75, 3.05) is 7.11 Å². The minimum atomic E-state index is -3.91. The predicted octanol–water partition coefficient (Wildman–Crippen LogP) is 5.35. The van der Waals surface area contributed by atoms with Crippen LogP contribution in [0, 0.1) is 0 Å². The van der Waals surface area contributed by atoms with Crippen LogP contribution in [-0.4, -0.2) is 25.7 Å². The van der Waals surface area contributed by atoms with E-state index in [0.29, 0.717) is 45.3 Å². The summed E-state index contributed by atoms with van der Waals surface area (Å²) in [5.41, 5.74) is 1.63. The third-order valence-corrected chi connectivity index (χ3v) is 8.99. The minimum Gasteiger partial charge on any atom is -0.497 e. The summed E-state index contributed by atoms with van der Waals surface area (Å²) in [5.74, 6) is 1.23. The highest BCUT2D eigenvalue weighted by Gasteiger charge is 2.36. The summed E-state index contributed by atoms with van der Waals surface area (Å²) in [7, 11) is -2.34. The maximum absolute atomic E-state index is 13.5. The zero-order valence-corrected chi connectivity index (χ0v) is 22.3. The van der Waals surface area contributed by atoms with Crippen molar-refractivity contribution in [3.63, 3.8) is 0 Å². The Balaban J connectivity index is 1.48. The molecule has 0 fully saturated rings. The van der Waals surface area contributed by atoms with Crippen LogP contribution in [0.25, 0.3) is 10.2 Å². The first-order valence-electron chi connectivity index (χ1n) is 11.3. The summed E-state index contributed by atoms with van der Waals surface area (Å²) >= 11 is 7.29. The molecule has 0 amide bonds. The molecule has 0 spiro atoms. The molecule has 188 valence electrons. The van der Waals surface area contributed by atoms with Crippen LogP contribution in [0.2, 0.25) is 5.02 Å². The molecular weight excluding hydrogens is 520 g/mol. The predicted molar refractivity (Wildman–Crippen MR) is 142 cm³/mol. The van der Waals surface area contributed by atoms with Crippen LogP contribution >= 0.6 is 22.9 Å². The Kier molecular flexibility index (Phi) is 6.36. The van der Waals surface area contributed by atoms with Crippen molar-refractivity contribution in [3.05, 3.63) is 86.5 Å². The van der Waals surface area contributed by atoms with Crippen molar-refractivity contribution in [2.24, 2.45) is 0 Å². The quantitative estimate of drug-likeness (QED) is 0.353. The van der Waals surface area contributed by atoms with E-state index in [1.54, 1.807) is 48.1 Å². The number of thiazole rings is 1. The lowest BCUT2D eigenvalue weighted by molar-refractivity contribution is 0.0700. The number of methoxy groups -OCH3 is 1. The average Bonchev–Trinajstić information content (AvgIpc) is 3.13. The third kappa shape index (κ3) is 4.76. The number of aromatic nitrogens is 1. The molecule has 1 aromatic heterocycles. The minimum absolute atomic E-state index is 0.0925. The first-order chi connectivity index (χ1) is 17.1. The van der Waals surface area contributed by atoms with Crippen molar-refractivity contribution < 1.29 is 17.9 Å². The van der Waals surface area contributed by atoms with Crippen LogP contribution in [0.15, 0.2) is 70.4 Å². The number of hydrogen-bond acceptors (Lipinski definition) is 6. The normalized spacial score (nSPS) is 16.9. The van der Waals surface area contributed by atoms with Crippen molar-refractivity contribution >= 4 is 43.2 Å². The van der Waals surface area contributed by atoms with Crippen molar-refractivity contribution in [2.45, 2.75) is 43.4 Å². The smallest absolute Gasteiger partial charge is 0.308 e. The molecule has 2 heterocycles. The van der Waals surface area contributed by atoms with Gasteiger partial charge in [0.15, 0.2) is 0 Å². The zero-order valence-electron chi connectivity index (χ0n) is 19.9. The molecule has 7 nitrogen and oxygen atoms in total. The maximum atomic E-state index is 13.5. The number of nitrogens with zero attached hydrogens (tertiary/aromatic N) is 1. The topological polar surface area (TPSA) is 86.6 Å². The van der Waals surface area contributed by atoms with Crippen LogP contribution in [-0.2, 0) is 16.6 Å². The number of rotatable bonds is 6. The second-order valence-electron chi connectivity index (χ2n) is 9.32. The summed E-state index contributed by atoms with van der Waals surface area (Å²) < 4.78 is 43.4. The Morgan fingerprint density at radius 2 is 1.94 bits per heavy atom. The number of halogens is 1. The van der Waals surface area contributed by atoms with Gasteiger partial charge in [-0.1, -0.05) is 41.1 Å². The van der Waals surface area contributed by atoms with Crippen LogP contribution in [0.4, 0.5) is 0 Å². The Labute approximate surface area is 218 Å². The molecule has 3 aromatic carbocycles. The molecule has 5 rings (SSSR count). The lowest BCUT2D eigenvalue weighted by Crippen LogP contribution is -2.41. The molecule has 4 aromatic rings. The van der Waals surface area contributed by atoms with E-state index < -0.39 is 21.7 Å². The van der Waals surface area contributed by atoms with E-state index in [9.17, 15) is 13.2 Å². The summed E-state index contributed by atoms with van der Waals surface area (Å²) in [6.07, 6.45) is 0.441. The van der Waals surface area contributed by atoms with Crippen molar-refractivity contribution in [1.29, 1.82) is 0 Å². The van der Waals surface area contributed by atoms with Crippen LogP contribution in [0.1, 0.15) is 37.4 Å². The molecule has 36 heavy (non-hydrogen) atoms. The molecule has 1 N–H and O–H groups in total. The van der Waals surface area contributed by atoms with Gasteiger partial charge in [0.05, 0.1) is 34.8 Å². The van der Waals surface area contributed by atoms with Gasteiger partial charge in [0.25, 0.3) is 0 Å². The Morgan fingerprint density at radius 1 is 1.17 bits per heavy atom. The van der Waals surface area contributed by atoms with Gasteiger partial charge < -0.3 is 9.47 Å². The fourth-order valence-corrected chi connectivity index (χ4v) is 6.92. The third-order valence-electron chi connectivity index (χ3n) is 6.21. The SMILES string of the molecule is COc1ccc2c(c1)C(NS(=O)(=O)c1ccc3c(c1)sc(=O)n3Cc1ccccc1Cl)CC(C)(C)O2. The largest absolute Gasteiger partial charge is 0.497 e. The average molecular weight is 545 g/mol. The second-order valence-corrected chi connectivity index (χ2v) is 12.4. The van der Waals surface area contributed by atoms with Gasteiger partial charge in [0.1, 0.15) is 17.1 Å². The molecule has 0 radical (unpaired) electrons. The number of benzene rings is 3. The van der Waals surface area contributed by atoms with Gasteiger partial charge in [-0.15, -0.1) is 0 Å². The number of fused-ring (bicyclic) bond motifs is 2. The van der Waals surface area contributed by atoms with E-state index in [0.717, 1.165) is 16.9 Å². The second kappa shape index (κ2) is 9.23. The van der Waals surface area contributed by atoms with Gasteiger partial charge in [-0.05, 0) is 61.9 Å². The van der Waals surface area contributed by atoms with Gasteiger partial charge in [0, 0.05) is 17.0 Å². The Morgan fingerprint density at radius 3 is 2.69 bits per heavy atom. The van der Waals surface area contributed by atoms with Crippen LogP contribution in [0.5, 0.6) is 11.5 Å². The van der Waals surface area contributed by atoms with E-state index in [-0.39, 0.29) is 9.77 Å². The Bertz CT molecular complexity index is 1630. The van der Waals surface area contributed by atoms with E-state index in [2.05, 4.69) is 4.72 Å². The molecule has 1 atom stereocenters. The highest BCUT2D eigenvalue weighted by atomic mass is 35.5. The maximum Gasteiger partial charge on any atom is 0.308 e. The highest BCUT2D eigenvalue weighted by molar-refractivity contribution is 7.89. The molecule has 10 heteroatoms. The number of hydrogen-bond donors (Lipinski definition) is 1. The van der Waals surface area contributed by atoms with Gasteiger partial charge in [-0.2, -0.15) is 0 Å². The van der Waals surface area contributed by atoms with E-state index in [1.165, 1.54) is 6.07 Å². The summed E-state index contributed by atoms with van der Waals surface area (Å²) in [6, 6.07) is 16.9. The fourth-order valence-electron chi connectivity index (χ4n) is 4.48. The number of nitrogens with one attached hydrogen (secondary N) is 1. The fraction of sp³-hybridized carbons (Fsp3) is 0.269. The van der Waals surface area contributed by atoms with Crippen molar-refractivity contribution in [1.82, 2.24) is 9.29 Å². The lowest BCUT2D eigenvalue weighted by Gasteiger charge is -2.37. The molecule has 1 aliphatic rings. The molecule has 1 unspecified atom stereocenters. The van der Waals surface area contributed by atoms with E-state index >= 15 is 0 Å². The van der Waals surface area contributed by atoms with Gasteiger partial charge >= 0.3 is 4.87 Å². The van der Waals surface area contributed by atoms with Gasteiger partial charge in [-0.25, -0.2) is 13.1 Å². The summed E-state index contributed by atoms with van der Waals surface area (Å²) in [6.45, 7) is 4.15. The molecule has 1 aliphatic heterocycles. The molecule has 0 saturated heterocycles. The summed E-state index contributed by atoms with van der Waals surface area (Å²) in [4.78, 5) is 12.7.